The molecule has 1 aromatic heterocycles. The van der Waals surface area contributed by atoms with Gasteiger partial charge in [-0.25, -0.2) is 4.98 Å². The number of carbonyl (C=O) groups is 1. The fourth-order valence-corrected chi connectivity index (χ4v) is 1.66. The lowest BCUT2D eigenvalue weighted by Gasteiger charge is -2.02. The molecule has 2 nitrogen and oxygen atoms in total. The van der Waals surface area contributed by atoms with E-state index in [0.717, 1.165) is 5.56 Å². The van der Waals surface area contributed by atoms with Gasteiger partial charge in [-0.1, -0.05) is 23.8 Å². The molecule has 0 spiro atoms. The maximum atomic E-state index is 12.9. The molecule has 0 saturated carbocycles. The smallest absolute Gasteiger partial charge is 0.213 e. The van der Waals surface area contributed by atoms with Crippen molar-refractivity contribution in [2.45, 2.75) is 13.3 Å². The zero-order valence-corrected chi connectivity index (χ0v) is 9.48. The highest BCUT2D eigenvalue weighted by Crippen LogP contribution is 2.09. The number of hydrogen-bond donors (Lipinski definition) is 0. The summed E-state index contributed by atoms with van der Waals surface area (Å²) in [6.45, 7) is 1.93. The molecule has 0 N–H and O–H groups in total. The first-order valence-corrected chi connectivity index (χ1v) is 5.35. The van der Waals surface area contributed by atoms with Crippen LogP contribution in [-0.4, -0.2) is 10.8 Å². The molecular weight excluding hydrogens is 217 g/mol. The molecule has 0 aliphatic rings. The number of rotatable bonds is 3. The van der Waals surface area contributed by atoms with Crippen LogP contribution in [0.2, 0.25) is 0 Å². The Morgan fingerprint density at radius 1 is 1.29 bits per heavy atom. The molecule has 3 heteroatoms. The second-order valence-electron chi connectivity index (χ2n) is 3.96. The molecule has 0 atom stereocenters. The number of benzene rings is 1. The number of carbonyl (C=O) groups excluding carboxylic acids is 1. The summed E-state index contributed by atoms with van der Waals surface area (Å²) in [5.41, 5.74) is 2.34. The van der Waals surface area contributed by atoms with Gasteiger partial charge in [0.15, 0.2) is 5.78 Å². The van der Waals surface area contributed by atoms with Crippen molar-refractivity contribution in [2.75, 3.05) is 0 Å². The lowest BCUT2D eigenvalue weighted by molar-refractivity contribution is 0.0993. The van der Waals surface area contributed by atoms with Crippen molar-refractivity contribution in [2.24, 2.45) is 0 Å². The fraction of sp³-hybridized carbons (Fsp3) is 0.143. The summed E-state index contributed by atoms with van der Waals surface area (Å²) < 4.78 is 12.9. The fourth-order valence-electron chi connectivity index (χ4n) is 1.66. The monoisotopic (exact) mass is 229 g/mol. The van der Waals surface area contributed by atoms with E-state index in [2.05, 4.69) is 4.98 Å². The molecule has 17 heavy (non-hydrogen) atoms. The van der Waals surface area contributed by atoms with Crippen LogP contribution >= 0.6 is 0 Å². The molecule has 0 amide bonds. The summed E-state index contributed by atoms with van der Waals surface area (Å²) >= 11 is 0. The van der Waals surface area contributed by atoms with Crippen molar-refractivity contribution < 1.29 is 9.18 Å². The summed E-state index contributed by atoms with van der Waals surface area (Å²) in [6, 6.07) is 10.3. The highest BCUT2D eigenvalue weighted by atomic mass is 19.1. The molecule has 0 bridgehead atoms. The number of halogens is 1. The number of hydrogen-bond acceptors (Lipinski definition) is 2. The van der Waals surface area contributed by atoms with Crippen molar-refractivity contribution in [1.29, 1.82) is 0 Å². The molecule has 2 aromatic rings. The molecule has 1 aromatic carbocycles. The van der Waals surface area contributed by atoms with Gasteiger partial charge in [0.1, 0.15) is 0 Å². The summed E-state index contributed by atoms with van der Waals surface area (Å²) in [5, 5.41) is 0. The van der Waals surface area contributed by atoms with Gasteiger partial charge in [-0.05, 0) is 30.7 Å². The van der Waals surface area contributed by atoms with E-state index in [-0.39, 0.29) is 12.2 Å². The Labute approximate surface area is 99.1 Å². The predicted octanol–water partition coefficient (Wildman–Crippen LogP) is 2.95. The van der Waals surface area contributed by atoms with E-state index >= 15 is 0 Å². The number of Topliss-reactive ketones (excluding diaryl/α,β-unsaturated/α-hetero) is 1. The third kappa shape index (κ3) is 2.97. The molecule has 0 saturated heterocycles. The van der Waals surface area contributed by atoms with Crippen LogP contribution in [0.4, 0.5) is 4.39 Å². The zero-order chi connectivity index (χ0) is 12.3. The first kappa shape index (κ1) is 11.5. The quantitative estimate of drug-likeness (QED) is 0.598. The Kier molecular flexibility index (Phi) is 3.28. The van der Waals surface area contributed by atoms with E-state index in [0.29, 0.717) is 11.1 Å². The lowest BCUT2D eigenvalue weighted by Crippen LogP contribution is -2.04. The molecular formula is C14H12FNO. The van der Waals surface area contributed by atoms with Crippen LogP contribution in [0.25, 0.3) is 0 Å². The molecule has 0 aliphatic heterocycles. The third-order valence-electron chi connectivity index (χ3n) is 2.50. The first-order valence-electron chi connectivity index (χ1n) is 5.35. The highest BCUT2D eigenvalue weighted by molar-refractivity contribution is 5.97. The molecule has 0 aliphatic carbocycles. The van der Waals surface area contributed by atoms with Gasteiger partial charge >= 0.3 is 0 Å². The predicted molar refractivity (Wildman–Crippen MR) is 63.4 cm³/mol. The normalized spacial score (nSPS) is 10.2. The van der Waals surface area contributed by atoms with E-state index < -0.39 is 5.95 Å². The van der Waals surface area contributed by atoms with Crippen molar-refractivity contribution in [1.82, 2.24) is 4.98 Å². The number of pyridine rings is 1. The van der Waals surface area contributed by atoms with E-state index in [1.54, 1.807) is 12.1 Å². The Morgan fingerprint density at radius 3 is 2.82 bits per heavy atom. The lowest BCUT2D eigenvalue weighted by atomic mass is 10.0. The van der Waals surface area contributed by atoms with Crippen LogP contribution in [0.1, 0.15) is 21.5 Å². The summed E-state index contributed by atoms with van der Waals surface area (Å²) in [5.74, 6) is -0.571. The Bertz CT molecular complexity index is 551. The van der Waals surface area contributed by atoms with Gasteiger partial charge in [0.05, 0.1) is 0 Å². The van der Waals surface area contributed by atoms with Gasteiger partial charge in [0.2, 0.25) is 5.95 Å². The van der Waals surface area contributed by atoms with E-state index in [4.69, 9.17) is 0 Å². The van der Waals surface area contributed by atoms with Gasteiger partial charge in [-0.15, -0.1) is 0 Å². The van der Waals surface area contributed by atoms with Crippen molar-refractivity contribution in [3.8, 4) is 0 Å². The van der Waals surface area contributed by atoms with Gasteiger partial charge in [-0.2, -0.15) is 4.39 Å². The maximum Gasteiger partial charge on any atom is 0.213 e. The van der Waals surface area contributed by atoms with Crippen molar-refractivity contribution >= 4 is 5.78 Å². The summed E-state index contributed by atoms with van der Waals surface area (Å²) in [7, 11) is 0. The Morgan fingerprint density at radius 2 is 2.12 bits per heavy atom. The van der Waals surface area contributed by atoms with Crippen LogP contribution in [0, 0.1) is 12.9 Å². The second-order valence-corrected chi connectivity index (χ2v) is 3.96. The molecule has 86 valence electrons. The number of aryl methyl sites for hydroxylation is 1. The van der Waals surface area contributed by atoms with Crippen molar-refractivity contribution in [3.05, 3.63) is 65.2 Å². The second kappa shape index (κ2) is 4.87. The highest BCUT2D eigenvalue weighted by Gasteiger charge is 2.07. The van der Waals surface area contributed by atoms with E-state index in [1.807, 2.05) is 25.1 Å². The molecule has 1 heterocycles. The van der Waals surface area contributed by atoms with E-state index in [9.17, 15) is 9.18 Å². The minimum absolute atomic E-state index is 0.0145. The standard InChI is InChI=1S/C14H12FNO/c1-10-3-2-4-12(7-10)13(17)8-11-5-6-16-14(15)9-11/h2-7,9H,8H2,1H3. The van der Waals surface area contributed by atoms with Crippen LogP contribution in [0.15, 0.2) is 42.6 Å². The SMILES string of the molecule is Cc1cccc(C(=O)Cc2ccnc(F)c2)c1. The number of ketones is 1. The van der Waals surface area contributed by atoms with E-state index in [1.165, 1.54) is 12.3 Å². The van der Waals surface area contributed by atoms with Crippen LogP contribution in [0.5, 0.6) is 0 Å². The Balaban J connectivity index is 2.17. The van der Waals surface area contributed by atoms with Crippen LogP contribution < -0.4 is 0 Å². The topological polar surface area (TPSA) is 30.0 Å². The molecule has 0 fully saturated rings. The molecule has 2 rings (SSSR count). The van der Waals surface area contributed by atoms with Crippen LogP contribution in [0.3, 0.4) is 0 Å². The van der Waals surface area contributed by atoms with Gasteiger partial charge < -0.3 is 0 Å². The number of nitrogens with zero attached hydrogens (tertiary/aromatic N) is 1. The minimum atomic E-state index is -0.556. The summed E-state index contributed by atoms with van der Waals surface area (Å²) in [4.78, 5) is 15.4. The van der Waals surface area contributed by atoms with Gasteiger partial charge in [0.25, 0.3) is 0 Å². The first-order chi connectivity index (χ1) is 8.15. The average Bonchev–Trinajstić information content (AvgIpc) is 2.29. The zero-order valence-electron chi connectivity index (χ0n) is 9.48. The molecule has 0 unspecified atom stereocenters. The largest absolute Gasteiger partial charge is 0.294 e. The van der Waals surface area contributed by atoms with Gasteiger partial charge in [-0.3, -0.25) is 4.79 Å². The average molecular weight is 229 g/mol. The third-order valence-corrected chi connectivity index (χ3v) is 2.50. The number of aromatic nitrogens is 1. The van der Waals surface area contributed by atoms with Gasteiger partial charge in [0, 0.05) is 18.2 Å². The molecule has 0 radical (unpaired) electrons. The Hall–Kier alpha value is -2.03. The summed E-state index contributed by atoms with van der Waals surface area (Å²) in [6.07, 6.45) is 1.57. The maximum absolute atomic E-state index is 12.9. The van der Waals surface area contributed by atoms with Crippen molar-refractivity contribution in [3.63, 3.8) is 0 Å². The minimum Gasteiger partial charge on any atom is -0.294 e. The van der Waals surface area contributed by atoms with Crippen LogP contribution in [-0.2, 0) is 6.42 Å².